The van der Waals surface area contributed by atoms with Gasteiger partial charge in [-0.05, 0) is 37.3 Å². The molecule has 0 aliphatic carbocycles. The number of esters is 1. The minimum absolute atomic E-state index is 0.157. The first kappa shape index (κ1) is 15.8. The molecule has 3 rings (SSSR count). The van der Waals surface area contributed by atoms with E-state index in [4.69, 9.17) is 4.74 Å². The average molecular weight is 327 g/mol. The van der Waals surface area contributed by atoms with E-state index in [1.165, 1.54) is 18.2 Å². The molecule has 0 amide bonds. The highest BCUT2D eigenvalue weighted by molar-refractivity contribution is 6.00. The summed E-state index contributed by atoms with van der Waals surface area (Å²) in [6.07, 6.45) is 0. The summed E-state index contributed by atoms with van der Waals surface area (Å²) in [5, 5.41) is 7.94. The van der Waals surface area contributed by atoms with E-state index in [0.29, 0.717) is 12.1 Å². The maximum atomic E-state index is 13.1. The van der Waals surface area contributed by atoms with E-state index in [-0.39, 0.29) is 11.1 Å². The largest absolute Gasteiger partial charge is 0.454 e. The van der Waals surface area contributed by atoms with Gasteiger partial charge in [0.25, 0.3) is 0 Å². The predicted molar refractivity (Wildman–Crippen MR) is 84.2 cm³/mol. The summed E-state index contributed by atoms with van der Waals surface area (Å²) in [6.45, 7) is 2.15. The van der Waals surface area contributed by atoms with E-state index in [2.05, 4.69) is 10.3 Å². The summed E-state index contributed by atoms with van der Waals surface area (Å²) in [7, 11) is 0. The topological polar surface area (TPSA) is 74.1 Å². The van der Waals surface area contributed by atoms with Gasteiger partial charge in [0.05, 0.1) is 11.1 Å². The molecule has 0 radical (unpaired) electrons. The Hall–Kier alpha value is -3.09. The highest BCUT2D eigenvalue weighted by atomic mass is 19.1. The van der Waals surface area contributed by atoms with Crippen LogP contribution in [-0.4, -0.2) is 33.4 Å². The highest BCUT2D eigenvalue weighted by Gasteiger charge is 2.14. The van der Waals surface area contributed by atoms with Crippen LogP contribution in [0.5, 0.6) is 0 Å². The van der Waals surface area contributed by atoms with Gasteiger partial charge in [0.1, 0.15) is 11.3 Å². The molecular weight excluding hydrogens is 313 g/mol. The van der Waals surface area contributed by atoms with Crippen LogP contribution in [0.1, 0.15) is 27.6 Å². The number of ether oxygens (including phenoxy) is 1. The van der Waals surface area contributed by atoms with Gasteiger partial charge in [-0.2, -0.15) is 0 Å². The number of aryl methyl sites for hydroxylation is 1. The van der Waals surface area contributed by atoms with Crippen molar-refractivity contribution in [1.82, 2.24) is 15.0 Å². The van der Waals surface area contributed by atoms with Crippen LogP contribution in [0.2, 0.25) is 0 Å². The Morgan fingerprint density at radius 3 is 2.75 bits per heavy atom. The van der Waals surface area contributed by atoms with Crippen LogP contribution in [-0.2, 0) is 11.3 Å². The van der Waals surface area contributed by atoms with Crippen molar-refractivity contribution in [3.63, 3.8) is 0 Å². The van der Waals surface area contributed by atoms with Crippen molar-refractivity contribution in [3.8, 4) is 0 Å². The van der Waals surface area contributed by atoms with Gasteiger partial charge in [0.15, 0.2) is 12.4 Å². The lowest BCUT2D eigenvalue weighted by Crippen LogP contribution is -2.14. The molecule has 0 saturated carbocycles. The number of carbonyl (C=O) groups is 2. The van der Waals surface area contributed by atoms with Gasteiger partial charge in [0.2, 0.25) is 0 Å². The van der Waals surface area contributed by atoms with Crippen LogP contribution >= 0.6 is 0 Å². The monoisotopic (exact) mass is 327 g/mol. The number of ketones is 1. The van der Waals surface area contributed by atoms with E-state index in [0.717, 1.165) is 11.6 Å². The Balaban J connectivity index is 1.70. The first-order chi connectivity index (χ1) is 11.6. The van der Waals surface area contributed by atoms with Crippen LogP contribution in [0.3, 0.4) is 0 Å². The fraction of sp³-hybridized carbons (Fsp3) is 0.176. The molecule has 0 unspecified atom stereocenters. The van der Waals surface area contributed by atoms with Crippen molar-refractivity contribution in [2.45, 2.75) is 13.5 Å². The third kappa shape index (κ3) is 3.15. The average Bonchev–Trinajstić information content (AvgIpc) is 3.01. The van der Waals surface area contributed by atoms with Crippen molar-refractivity contribution < 1.29 is 18.7 Å². The molecule has 0 bridgehead atoms. The smallest absolute Gasteiger partial charge is 0.338 e. The van der Waals surface area contributed by atoms with E-state index < -0.39 is 24.2 Å². The predicted octanol–water partition coefficient (Wildman–Crippen LogP) is 2.63. The molecule has 0 fully saturated rings. The molecule has 3 aromatic rings. The Morgan fingerprint density at radius 2 is 2.00 bits per heavy atom. The number of aromatic nitrogens is 3. The number of hydrogen-bond donors (Lipinski definition) is 0. The molecule has 1 heterocycles. The molecule has 6 nitrogen and oxygen atoms in total. The third-order valence-corrected chi connectivity index (χ3v) is 3.53. The summed E-state index contributed by atoms with van der Waals surface area (Å²) < 4.78 is 19.8. The molecule has 0 atom stereocenters. The number of fused-ring (bicyclic) bond motifs is 1. The fourth-order valence-corrected chi connectivity index (χ4v) is 2.29. The lowest BCUT2D eigenvalue weighted by Gasteiger charge is -2.05. The van der Waals surface area contributed by atoms with Gasteiger partial charge >= 0.3 is 5.97 Å². The zero-order valence-corrected chi connectivity index (χ0v) is 12.9. The van der Waals surface area contributed by atoms with Gasteiger partial charge in [-0.15, -0.1) is 5.10 Å². The van der Waals surface area contributed by atoms with Gasteiger partial charge in [-0.25, -0.2) is 13.9 Å². The number of benzene rings is 2. The molecule has 122 valence electrons. The minimum Gasteiger partial charge on any atom is -0.454 e. The van der Waals surface area contributed by atoms with Crippen LogP contribution in [0.4, 0.5) is 4.39 Å². The fourth-order valence-electron chi connectivity index (χ4n) is 2.29. The van der Waals surface area contributed by atoms with Gasteiger partial charge in [-0.1, -0.05) is 17.3 Å². The number of Topliss-reactive ketones (excluding diaryl/α,β-unsaturated/α-hetero) is 1. The summed E-state index contributed by atoms with van der Waals surface area (Å²) in [5.41, 5.74) is 1.81. The summed E-state index contributed by atoms with van der Waals surface area (Å²) >= 11 is 0. The lowest BCUT2D eigenvalue weighted by atomic mass is 10.1. The number of hydrogen-bond acceptors (Lipinski definition) is 5. The van der Waals surface area contributed by atoms with Crippen LogP contribution < -0.4 is 0 Å². The molecule has 0 N–H and O–H groups in total. The number of nitrogens with zero attached hydrogens (tertiary/aromatic N) is 3. The van der Waals surface area contributed by atoms with Gasteiger partial charge in [-0.3, -0.25) is 4.79 Å². The second-order valence-electron chi connectivity index (χ2n) is 5.12. The zero-order chi connectivity index (χ0) is 17.1. The highest BCUT2D eigenvalue weighted by Crippen LogP contribution is 2.14. The normalized spacial score (nSPS) is 10.8. The van der Waals surface area contributed by atoms with Crippen molar-refractivity contribution >= 4 is 22.8 Å². The van der Waals surface area contributed by atoms with E-state index in [1.54, 1.807) is 22.9 Å². The van der Waals surface area contributed by atoms with Gasteiger partial charge < -0.3 is 4.74 Å². The molecule has 0 aliphatic rings. The van der Waals surface area contributed by atoms with Crippen LogP contribution in [0.15, 0.2) is 42.5 Å². The van der Waals surface area contributed by atoms with E-state index >= 15 is 0 Å². The molecule has 0 spiro atoms. The van der Waals surface area contributed by atoms with Crippen LogP contribution in [0, 0.1) is 5.82 Å². The molecule has 7 heteroatoms. The van der Waals surface area contributed by atoms with E-state index in [9.17, 15) is 14.0 Å². The third-order valence-electron chi connectivity index (χ3n) is 3.53. The maximum absolute atomic E-state index is 13.1. The van der Waals surface area contributed by atoms with E-state index in [1.807, 2.05) is 6.92 Å². The lowest BCUT2D eigenvalue weighted by molar-refractivity contribution is 0.0475. The molecular formula is C17H14FN3O3. The quantitative estimate of drug-likeness (QED) is 0.532. The SMILES string of the molecule is CCn1nnc2cc(C(=O)OCC(=O)c3cccc(F)c3)ccc21. The number of halogens is 1. The Kier molecular flexibility index (Phi) is 4.33. The van der Waals surface area contributed by atoms with Crippen molar-refractivity contribution in [1.29, 1.82) is 0 Å². The molecule has 24 heavy (non-hydrogen) atoms. The second kappa shape index (κ2) is 6.57. The van der Waals surface area contributed by atoms with Crippen molar-refractivity contribution in [3.05, 3.63) is 59.4 Å². The van der Waals surface area contributed by atoms with Crippen LogP contribution in [0.25, 0.3) is 11.0 Å². The van der Waals surface area contributed by atoms with Crippen molar-refractivity contribution in [2.75, 3.05) is 6.61 Å². The number of rotatable bonds is 5. The molecule has 0 saturated heterocycles. The molecule has 2 aromatic carbocycles. The molecule has 0 aliphatic heterocycles. The zero-order valence-electron chi connectivity index (χ0n) is 12.9. The summed E-state index contributed by atoms with van der Waals surface area (Å²) in [6, 6.07) is 10.1. The maximum Gasteiger partial charge on any atom is 0.338 e. The first-order valence-corrected chi connectivity index (χ1v) is 7.37. The second-order valence-corrected chi connectivity index (χ2v) is 5.12. The first-order valence-electron chi connectivity index (χ1n) is 7.37. The van der Waals surface area contributed by atoms with Gasteiger partial charge in [0, 0.05) is 12.1 Å². The Bertz CT molecular complexity index is 920. The minimum atomic E-state index is -0.646. The summed E-state index contributed by atoms with van der Waals surface area (Å²) in [4.78, 5) is 24.0. The Morgan fingerprint density at radius 1 is 1.17 bits per heavy atom. The van der Waals surface area contributed by atoms with Crippen molar-refractivity contribution in [2.24, 2.45) is 0 Å². The summed E-state index contributed by atoms with van der Waals surface area (Å²) in [5.74, 6) is -1.63. The number of carbonyl (C=O) groups excluding carboxylic acids is 2. The standard InChI is InChI=1S/C17H14FN3O3/c1-2-21-15-7-6-12(9-14(15)19-20-21)17(23)24-10-16(22)11-4-3-5-13(18)8-11/h3-9H,2,10H2,1H3. The molecule has 1 aromatic heterocycles. The Labute approximate surface area is 136 Å².